The van der Waals surface area contributed by atoms with Crippen LogP contribution >= 0.6 is 0 Å². The normalized spacial score (nSPS) is 23.3. The molecule has 0 amide bonds. The van der Waals surface area contributed by atoms with Crippen LogP contribution in [0.2, 0.25) is 0 Å². The average Bonchev–Trinajstić information content (AvgIpc) is 2.84. The van der Waals surface area contributed by atoms with Crippen molar-refractivity contribution in [2.24, 2.45) is 11.8 Å². The molecule has 1 aliphatic heterocycles. The molecule has 2 nitrogen and oxygen atoms in total. The van der Waals surface area contributed by atoms with Crippen LogP contribution in [0.4, 0.5) is 13.2 Å². The molecule has 0 bridgehead atoms. The Morgan fingerprint density at radius 2 is 1.73 bits per heavy atom. The quantitative estimate of drug-likeness (QED) is 0.367. The van der Waals surface area contributed by atoms with Crippen LogP contribution in [-0.2, 0) is 4.74 Å². The van der Waals surface area contributed by atoms with E-state index in [0.717, 1.165) is 12.3 Å². The highest BCUT2D eigenvalue weighted by Crippen LogP contribution is 2.42. The predicted molar refractivity (Wildman–Crippen MR) is 126 cm³/mol. The van der Waals surface area contributed by atoms with Crippen molar-refractivity contribution >= 4 is 10.8 Å². The molecule has 2 aromatic carbocycles. The van der Waals surface area contributed by atoms with Crippen molar-refractivity contribution in [3.63, 3.8) is 0 Å². The fraction of sp³-hybridized carbons (Fsp3) is 0.571. The predicted octanol–water partition coefficient (Wildman–Crippen LogP) is 8.78. The van der Waals surface area contributed by atoms with E-state index in [2.05, 4.69) is 6.92 Å². The summed E-state index contributed by atoms with van der Waals surface area (Å²) in [4.78, 5) is 0. The zero-order chi connectivity index (χ0) is 23.4. The van der Waals surface area contributed by atoms with E-state index in [1.165, 1.54) is 69.1 Å². The highest BCUT2D eigenvalue weighted by Gasteiger charge is 2.30. The SMILES string of the molecule is CCCCCC1CCC(C2=COC(c3cc4ccc(OCC)c(F)c4c(F)c3F)CC2)CC1. The number of hydrogen-bond donors (Lipinski definition) is 0. The second-order valence-corrected chi connectivity index (χ2v) is 9.57. The Balaban J connectivity index is 1.45. The van der Waals surface area contributed by atoms with Crippen molar-refractivity contribution in [2.75, 3.05) is 6.61 Å². The molecule has 0 saturated heterocycles. The van der Waals surface area contributed by atoms with Crippen LogP contribution in [0, 0.1) is 29.3 Å². The largest absolute Gasteiger partial charge is 0.493 e. The van der Waals surface area contributed by atoms with Gasteiger partial charge in [-0.1, -0.05) is 38.7 Å². The molecule has 0 N–H and O–H groups in total. The summed E-state index contributed by atoms with van der Waals surface area (Å²) in [5, 5.41) is -0.0606. The lowest BCUT2D eigenvalue weighted by molar-refractivity contribution is 0.109. The average molecular weight is 461 g/mol. The summed E-state index contributed by atoms with van der Waals surface area (Å²) in [7, 11) is 0. The fourth-order valence-corrected chi connectivity index (χ4v) is 5.51. The van der Waals surface area contributed by atoms with Gasteiger partial charge >= 0.3 is 0 Å². The molecule has 4 rings (SSSR count). The smallest absolute Gasteiger partial charge is 0.175 e. The van der Waals surface area contributed by atoms with Crippen molar-refractivity contribution in [3.8, 4) is 5.75 Å². The Morgan fingerprint density at radius 3 is 2.39 bits per heavy atom. The maximum atomic E-state index is 15.0. The molecule has 0 aromatic heterocycles. The van der Waals surface area contributed by atoms with Gasteiger partial charge in [0.25, 0.3) is 0 Å². The number of benzene rings is 2. The number of ether oxygens (including phenoxy) is 2. The standard InChI is InChI=1S/C28H35F3O2/c1-3-5-6-7-18-8-10-19(11-9-18)21-13-14-23(33-17-21)22-16-20-12-15-24(32-4-2)27(30)25(20)28(31)26(22)29/h12,15-19,23H,3-11,13-14H2,1-2H3. The van der Waals surface area contributed by atoms with Gasteiger partial charge < -0.3 is 9.47 Å². The third-order valence-electron chi connectivity index (χ3n) is 7.43. The van der Waals surface area contributed by atoms with Crippen molar-refractivity contribution in [1.29, 1.82) is 0 Å². The number of hydrogen-bond acceptors (Lipinski definition) is 2. The highest BCUT2D eigenvalue weighted by atomic mass is 19.2. The minimum atomic E-state index is -1.18. The Hall–Kier alpha value is -2.17. The molecule has 1 aliphatic carbocycles. The van der Waals surface area contributed by atoms with E-state index in [1.807, 2.05) is 0 Å². The summed E-state index contributed by atoms with van der Waals surface area (Å²) < 4.78 is 55.6. The molecular formula is C28H35F3O2. The molecule has 5 heteroatoms. The summed E-state index contributed by atoms with van der Waals surface area (Å²) in [6.07, 6.45) is 12.9. The number of fused-ring (bicyclic) bond motifs is 1. The third kappa shape index (κ3) is 5.17. The molecule has 0 spiro atoms. The van der Waals surface area contributed by atoms with E-state index >= 15 is 0 Å². The van der Waals surface area contributed by atoms with Crippen LogP contribution in [-0.4, -0.2) is 6.61 Å². The summed E-state index contributed by atoms with van der Waals surface area (Å²) in [6.45, 7) is 4.20. The molecule has 1 atom stereocenters. The molecule has 2 aromatic rings. The maximum absolute atomic E-state index is 15.0. The van der Waals surface area contributed by atoms with E-state index in [4.69, 9.17) is 9.47 Å². The number of allylic oxidation sites excluding steroid dienone is 1. The molecule has 1 unspecified atom stereocenters. The molecule has 180 valence electrons. The Kier molecular flexibility index (Phi) is 7.87. The van der Waals surface area contributed by atoms with Crippen LogP contribution in [0.15, 0.2) is 30.0 Å². The molecule has 1 heterocycles. The molecular weight excluding hydrogens is 425 g/mol. The first-order chi connectivity index (χ1) is 16.0. The first-order valence-electron chi connectivity index (χ1n) is 12.6. The Morgan fingerprint density at radius 1 is 0.939 bits per heavy atom. The third-order valence-corrected chi connectivity index (χ3v) is 7.43. The van der Waals surface area contributed by atoms with Gasteiger partial charge in [-0.25, -0.2) is 13.2 Å². The van der Waals surface area contributed by atoms with E-state index < -0.39 is 23.6 Å². The lowest BCUT2D eigenvalue weighted by Gasteiger charge is -2.33. The van der Waals surface area contributed by atoms with Gasteiger partial charge in [0.15, 0.2) is 23.2 Å². The van der Waals surface area contributed by atoms with Crippen LogP contribution < -0.4 is 4.74 Å². The van der Waals surface area contributed by atoms with Crippen molar-refractivity contribution in [3.05, 3.63) is 53.0 Å². The van der Waals surface area contributed by atoms with E-state index in [9.17, 15) is 13.2 Å². The number of rotatable bonds is 8. The lowest BCUT2D eigenvalue weighted by Crippen LogP contribution is -2.19. The van der Waals surface area contributed by atoms with Crippen molar-refractivity contribution in [1.82, 2.24) is 0 Å². The summed E-state index contributed by atoms with van der Waals surface area (Å²) in [5.74, 6) is -1.76. The molecule has 1 fully saturated rings. The Bertz CT molecular complexity index is 993. The first-order valence-corrected chi connectivity index (χ1v) is 12.6. The molecule has 2 aliphatic rings. The number of halogens is 3. The lowest BCUT2D eigenvalue weighted by atomic mass is 9.75. The topological polar surface area (TPSA) is 18.5 Å². The van der Waals surface area contributed by atoms with Gasteiger partial charge in [-0.3, -0.25) is 0 Å². The van der Waals surface area contributed by atoms with Gasteiger partial charge in [0.2, 0.25) is 0 Å². The van der Waals surface area contributed by atoms with Crippen LogP contribution in [0.3, 0.4) is 0 Å². The van der Waals surface area contributed by atoms with E-state index in [1.54, 1.807) is 19.3 Å². The second kappa shape index (κ2) is 10.8. The second-order valence-electron chi connectivity index (χ2n) is 9.57. The van der Waals surface area contributed by atoms with Gasteiger partial charge in [0.1, 0.15) is 6.10 Å². The van der Waals surface area contributed by atoms with Crippen LogP contribution in [0.25, 0.3) is 10.8 Å². The van der Waals surface area contributed by atoms with Crippen molar-refractivity contribution in [2.45, 2.75) is 84.2 Å². The zero-order valence-electron chi connectivity index (χ0n) is 19.8. The van der Waals surface area contributed by atoms with E-state index in [0.29, 0.717) is 17.7 Å². The zero-order valence-corrected chi connectivity index (χ0v) is 19.8. The monoisotopic (exact) mass is 460 g/mol. The van der Waals surface area contributed by atoms with E-state index in [-0.39, 0.29) is 23.3 Å². The molecule has 1 saturated carbocycles. The van der Waals surface area contributed by atoms with Gasteiger partial charge in [0, 0.05) is 5.56 Å². The fourth-order valence-electron chi connectivity index (χ4n) is 5.51. The Labute approximate surface area is 195 Å². The minimum absolute atomic E-state index is 0.0716. The van der Waals surface area contributed by atoms with Gasteiger partial charge in [0.05, 0.1) is 18.3 Å². The summed E-state index contributed by atoms with van der Waals surface area (Å²) in [5.41, 5.74) is 1.45. The van der Waals surface area contributed by atoms with Gasteiger partial charge in [-0.2, -0.15) is 0 Å². The minimum Gasteiger partial charge on any atom is -0.493 e. The highest BCUT2D eigenvalue weighted by molar-refractivity contribution is 5.86. The maximum Gasteiger partial charge on any atom is 0.175 e. The summed E-state index contributed by atoms with van der Waals surface area (Å²) >= 11 is 0. The van der Waals surface area contributed by atoms with Crippen LogP contribution in [0.5, 0.6) is 5.75 Å². The van der Waals surface area contributed by atoms with Gasteiger partial charge in [-0.05, 0) is 80.4 Å². The number of unbranched alkanes of at least 4 members (excludes halogenated alkanes) is 2. The molecule has 33 heavy (non-hydrogen) atoms. The first kappa shape index (κ1) is 24.0. The molecule has 0 radical (unpaired) electrons. The van der Waals surface area contributed by atoms with Crippen molar-refractivity contribution < 1.29 is 22.6 Å². The van der Waals surface area contributed by atoms with Crippen LogP contribution in [0.1, 0.15) is 89.7 Å². The summed E-state index contributed by atoms with van der Waals surface area (Å²) in [6, 6.07) is 4.54. The van der Waals surface area contributed by atoms with Gasteiger partial charge in [-0.15, -0.1) is 0 Å².